The Hall–Kier alpha value is -2.33. The van der Waals surface area contributed by atoms with Gasteiger partial charge in [0.1, 0.15) is 11.2 Å². The summed E-state index contributed by atoms with van der Waals surface area (Å²) >= 11 is 6.32. The van der Waals surface area contributed by atoms with E-state index in [9.17, 15) is 9.18 Å². The van der Waals surface area contributed by atoms with E-state index in [-0.39, 0.29) is 10.5 Å². The number of aromatic nitrogens is 1. The highest BCUT2D eigenvalue weighted by Crippen LogP contribution is 2.29. The second kappa shape index (κ2) is 6.52. The van der Waals surface area contributed by atoms with Crippen molar-refractivity contribution in [1.82, 2.24) is 4.98 Å². The molecule has 1 aromatic heterocycles. The lowest BCUT2D eigenvalue weighted by Gasteiger charge is -2.30. The molecule has 1 aliphatic rings. The minimum Gasteiger partial charge on any atom is -0.371 e. The zero-order valence-electron chi connectivity index (χ0n) is 13.6. The van der Waals surface area contributed by atoms with Crippen LogP contribution in [0.4, 0.5) is 10.1 Å². The quantitative estimate of drug-likeness (QED) is 0.716. The van der Waals surface area contributed by atoms with Gasteiger partial charge in [-0.15, -0.1) is 0 Å². The molecule has 0 unspecified atom stereocenters. The maximum atomic E-state index is 13.3. The maximum absolute atomic E-state index is 13.3. The predicted molar refractivity (Wildman–Crippen MR) is 101 cm³/mol. The van der Waals surface area contributed by atoms with Gasteiger partial charge in [-0.25, -0.2) is 4.39 Å². The summed E-state index contributed by atoms with van der Waals surface area (Å²) in [5, 5.41) is 0.784. The number of H-pyrrole nitrogens is 1. The van der Waals surface area contributed by atoms with E-state index >= 15 is 0 Å². The van der Waals surface area contributed by atoms with Crippen LogP contribution in [-0.4, -0.2) is 24.2 Å². The van der Waals surface area contributed by atoms with E-state index in [1.807, 2.05) is 42.5 Å². The molecule has 1 N–H and O–H groups in total. The van der Waals surface area contributed by atoms with Crippen molar-refractivity contribution in [3.63, 3.8) is 0 Å². The van der Waals surface area contributed by atoms with Crippen molar-refractivity contribution in [3.05, 3.63) is 63.8 Å². The zero-order chi connectivity index (χ0) is 17.4. The summed E-state index contributed by atoms with van der Waals surface area (Å²) in [7, 11) is 0. The molecule has 1 saturated heterocycles. The molecule has 3 nitrogen and oxygen atoms in total. The molecule has 25 heavy (non-hydrogen) atoms. The molecule has 1 aliphatic heterocycles. The van der Waals surface area contributed by atoms with Crippen molar-refractivity contribution < 1.29 is 4.39 Å². The van der Waals surface area contributed by atoms with Gasteiger partial charge in [-0.05, 0) is 42.7 Å². The molecular weight excluding hydrogens is 339 g/mol. The number of pyridine rings is 1. The molecule has 0 amide bonds. The number of halogens is 2. The minimum absolute atomic E-state index is 0.167. The lowest BCUT2D eigenvalue weighted by Crippen LogP contribution is -2.34. The van der Waals surface area contributed by atoms with Crippen LogP contribution in [-0.2, 0) is 0 Å². The largest absolute Gasteiger partial charge is 0.371 e. The first-order valence-electron chi connectivity index (χ1n) is 8.43. The van der Waals surface area contributed by atoms with Gasteiger partial charge in [0, 0.05) is 29.7 Å². The third-order valence-electron chi connectivity index (χ3n) is 4.80. The molecule has 128 valence electrons. The second-order valence-electron chi connectivity index (χ2n) is 6.40. The number of anilines is 1. The number of benzene rings is 2. The van der Waals surface area contributed by atoms with Crippen LogP contribution in [0.1, 0.15) is 12.8 Å². The van der Waals surface area contributed by atoms with Gasteiger partial charge in [0.15, 0.2) is 0 Å². The van der Waals surface area contributed by atoms with E-state index in [1.165, 1.54) is 0 Å². The Labute approximate surface area is 150 Å². The zero-order valence-corrected chi connectivity index (χ0v) is 14.4. The third kappa shape index (κ3) is 3.02. The van der Waals surface area contributed by atoms with Crippen molar-refractivity contribution in [2.24, 2.45) is 0 Å². The Bertz CT molecular complexity index is 960. The molecule has 3 aromatic rings. The van der Waals surface area contributed by atoms with Crippen LogP contribution in [0.5, 0.6) is 0 Å². The van der Waals surface area contributed by atoms with Crippen LogP contribution in [0.25, 0.3) is 22.2 Å². The highest BCUT2D eigenvalue weighted by molar-refractivity contribution is 6.33. The molecule has 5 heteroatoms. The van der Waals surface area contributed by atoms with Crippen LogP contribution in [0.15, 0.2) is 53.3 Å². The molecular formula is C20H18ClFN2O. The summed E-state index contributed by atoms with van der Waals surface area (Å²) < 4.78 is 13.3. The van der Waals surface area contributed by atoms with Gasteiger partial charge in [0.05, 0.1) is 5.69 Å². The van der Waals surface area contributed by atoms with Gasteiger partial charge in [-0.1, -0.05) is 35.9 Å². The molecule has 4 rings (SSSR count). The number of hydrogen-bond donors (Lipinski definition) is 1. The molecule has 0 saturated carbocycles. The number of alkyl halides is 1. The highest BCUT2D eigenvalue weighted by Gasteiger charge is 2.19. The molecule has 0 atom stereocenters. The lowest BCUT2D eigenvalue weighted by atomic mass is 10.1. The SMILES string of the molecule is O=c1c(Cl)c(-c2ccc(N3CCC(F)CC3)cc2)[nH]c2ccccc12. The van der Waals surface area contributed by atoms with Gasteiger partial charge in [-0.2, -0.15) is 0 Å². The van der Waals surface area contributed by atoms with Gasteiger partial charge in [-0.3, -0.25) is 4.79 Å². The summed E-state index contributed by atoms with van der Waals surface area (Å²) in [6.45, 7) is 1.46. The lowest BCUT2D eigenvalue weighted by molar-refractivity contribution is 0.277. The van der Waals surface area contributed by atoms with E-state index < -0.39 is 6.17 Å². The number of hydrogen-bond acceptors (Lipinski definition) is 2. The standard InChI is InChI=1S/C20H18ClFN2O/c21-18-19(23-17-4-2-1-3-16(17)20(18)25)13-5-7-15(8-6-13)24-11-9-14(22)10-12-24/h1-8,14H,9-12H2,(H,23,25). The van der Waals surface area contributed by atoms with E-state index in [2.05, 4.69) is 9.88 Å². The van der Waals surface area contributed by atoms with Gasteiger partial charge < -0.3 is 9.88 Å². The maximum Gasteiger partial charge on any atom is 0.208 e. The number of piperidine rings is 1. The number of rotatable bonds is 2. The number of nitrogens with zero attached hydrogens (tertiary/aromatic N) is 1. The van der Waals surface area contributed by atoms with Crippen molar-refractivity contribution in [3.8, 4) is 11.3 Å². The number of para-hydroxylation sites is 1. The summed E-state index contributed by atoms with van der Waals surface area (Å²) in [5.41, 5.74) is 3.15. The van der Waals surface area contributed by atoms with Crippen LogP contribution in [0, 0.1) is 0 Å². The first-order chi connectivity index (χ1) is 12.1. The fourth-order valence-corrected chi connectivity index (χ4v) is 3.61. The molecule has 0 bridgehead atoms. The Morgan fingerprint density at radius 2 is 1.72 bits per heavy atom. The average molecular weight is 357 g/mol. The van der Waals surface area contributed by atoms with Crippen LogP contribution < -0.4 is 10.3 Å². The Morgan fingerprint density at radius 1 is 1.04 bits per heavy atom. The Balaban J connectivity index is 1.70. The first kappa shape index (κ1) is 16.2. The summed E-state index contributed by atoms with van der Waals surface area (Å²) in [6.07, 6.45) is 0.467. The monoisotopic (exact) mass is 356 g/mol. The second-order valence-corrected chi connectivity index (χ2v) is 6.78. The van der Waals surface area contributed by atoms with Crippen LogP contribution in [0.2, 0.25) is 5.02 Å². The van der Waals surface area contributed by atoms with E-state index in [1.54, 1.807) is 6.07 Å². The number of fused-ring (bicyclic) bond motifs is 1. The van der Waals surface area contributed by atoms with Crippen LogP contribution >= 0.6 is 11.6 Å². The van der Waals surface area contributed by atoms with E-state index in [0.29, 0.717) is 23.9 Å². The van der Waals surface area contributed by atoms with Crippen molar-refractivity contribution >= 4 is 28.2 Å². The summed E-state index contributed by atoms with van der Waals surface area (Å²) in [4.78, 5) is 17.9. The highest BCUT2D eigenvalue weighted by atomic mass is 35.5. The number of nitrogens with one attached hydrogen (secondary N) is 1. The van der Waals surface area contributed by atoms with E-state index in [0.717, 1.165) is 29.9 Å². The number of aromatic amines is 1. The van der Waals surface area contributed by atoms with Gasteiger partial charge in [0.2, 0.25) is 5.43 Å². The average Bonchev–Trinajstić information content (AvgIpc) is 2.65. The van der Waals surface area contributed by atoms with Crippen molar-refractivity contribution in [1.29, 1.82) is 0 Å². The van der Waals surface area contributed by atoms with Gasteiger partial charge >= 0.3 is 0 Å². The summed E-state index contributed by atoms with van der Waals surface area (Å²) in [5.74, 6) is 0. The van der Waals surface area contributed by atoms with Crippen molar-refractivity contribution in [2.45, 2.75) is 19.0 Å². The smallest absolute Gasteiger partial charge is 0.208 e. The Kier molecular flexibility index (Phi) is 4.22. The fourth-order valence-electron chi connectivity index (χ4n) is 3.36. The minimum atomic E-state index is -0.683. The first-order valence-corrected chi connectivity index (χ1v) is 8.81. The third-order valence-corrected chi connectivity index (χ3v) is 5.16. The fraction of sp³-hybridized carbons (Fsp3) is 0.250. The molecule has 0 aliphatic carbocycles. The molecule has 0 radical (unpaired) electrons. The molecule has 2 aromatic carbocycles. The topological polar surface area (TPSA) is 36.1 Å². The van der Waals surface area contributed by atoms with Gasteiger partial charge in [0.25, 0.3) is 0 Å². The van der Waals surface area contributed by atoms with Crippen molar-refractivity contribution in [2.75, 3.05) is 18.0 Å². The van der Waals surface area contributed by atoms with E-state index in [4.69, 9.17) is 11.6 Å². The predicted octanol–water partition coefficient (Wildman–Crippen LogP) is 4.79. The normalized spacial score (nSPS) is 15.7. The molecule has 2 heterocycles. The Morgan fingerprint density at radius 3 is 2.44 bits per heavy atom. The summed E-state index contributed by atoms with van der Waals surface area (Å²) in [6, 6.07) is 15.2. The van der Waals surface area contributed by atoms with Crippen LogP contribution in [0.3, 0.4) is 0 Å². The molecule has 1 fully saturated rings. The molecule has 0 spiro atoms.